The second-order valence-corrected chi connectivity index (χ2v) is 22.1. The van der Waals surface area contributed by atoms with E-state index in [-0.39, 0.29) is 10.8 Å². The van der Waals surface area contributed by atoms with Gasteiger partial charge in [0, 0.05) is 38.2 Å². The van der Waals surface area contributed by atoms with Crippen LogP contribution in [0, 0.1) is 5.92 Å². The average molecular weight is 980 g/mol. The van der Waals surface area contributed by atoms with Crippen LogP contribution in [0.15, 0.2) is 212 Å². The Labute approximate surface area is 443 Å². The van der Waals surface area contributed by atoms with Gasteiger partial charge in [0.25, 0.3) is 0 Å². The maximum absolute atomic E-state index is 5.49. The molecular weight excluding hydrogens is 923 g/mol. The predicted octanol–water partition coefficient (Wildman–Crippen LogP) is 16.5. The van der Waals surface area contributed by atoms with Gasteiger partial charge in [0.2, 0.25) is 5.95 Å². The molecule has 366 valence electrons. The molecule has 0 aliphatic heterocycles. The summed E-state index contributed by atoms with van der Waals surface area (Å²) in [5.74, 6) is 2.37. The van der Waals surface area contributed by atoms with E-state index in [2.05, 4.69) is 268 Å². The number of hydrogen-bond acceptors (Lipinski definition) is 3. The quantitative estimate of drug-likeness (QED) is 0.152. The maximum atomic E-state index is 5.49. The van der Waals surface area contributed by atoms with Crippen LogP contribution in [-0.4, -0.2) is 24.1 Å². The molecule has 1 unspecified atom stereocenters. The van der Waals surface area contributed by atoms with E-state index in [0.717, 1.165) is 73.8 Å². The van der Waals surface area contributed by atoms with Gasteiger partial charge in [0.1, 0.15) is 0 Å². The monoisotopic (exact) mass is 979 g/mol. The third-order valence-corrected chi connectivity index (χ3v) is 17.2. The maximum Gasteiger partial charge on any atom is 0.238 e. The molecule has 2 aliphatic rings. The summed E-state index contributed by atoms with van der Waals surface area (Å²) >= 11 is 0. The number of fused-ring (bicyclic) bond motifs is 8. The molecule has 0 spiro atoms. The highest BCUT2D eigenvalue weighted by atomic mass is 15.2. The molecule has 9 aromatic carbocycles. The Morgan fingerprint density at radius 2 is 0.868 bits per heavy atom. The molecular formula is C71H57N5. The molecule has 0 radical (unpaired) electrons. The first-order valence-corrected chi connectivity index (χ1v) is 26.8. The Kier molecular flexibility index (Phi) is 10.6. The molecule has 0 saturated heterocycles. The van der Waals surface area contributed by atoms with Gasteiger partial charge in [-0.1, -0.05) is 235 Å². The van der Waals surface area contributed by atoms with Gasteiger partial charge in [-0.2, -0.15) is 9.97 Å². The van der Waals surface area contributed by atoms with Gasteiger partial charge in [-0.3, -0.25) is 4.57 Å². The van der Waals surface area contributed by atoms with Crippen molar-refractivity contribution in [2.24, 2.45) is 5.92 Å². The number of benzene rings is 9. The zero-order chi connectivity index (χ0) is 51.3. The molecule has 12 aromatic rings. The van der Waals surface area contributed by atoms with E-state index in [0.29, 0.717) is 23.5 Å². The lowest BCUT2D eigenvalue weighted by atomic mass is 9.71. The SMILES string of the molecule is CC1C(C)(C)c2ccc(-c3ccc(-c4ccc(-n5c6ccccc6c6ccc7c8c(n(-c9nc(-c%10ccc(-c%11ccccc%11)cc%10)nc(-c%10cccc(-c%11ccccc%11)c%10)n9)c7c65)=CCCC=8)cc4)cc3)cc2C1(C)C. The van der Waals surface area contributed by atoms with E-state index < -0.39 is 0 Å². The molecule has 1 atom stereocenters. The Balaban J connectivity index is 0.926. The average Bonchev–Trinajstić information content (AvgIpc) is 4.25. The van der Waals surface area contributed by atoms with E-state index in [1.54, 1.807) is 0 Å². The van der Waals surface area contributed by atoms with Gasteiger partial charge in [0.15, 0.2) is 11.6 Å². The summed E-state index contributed by atoms with van der Waals surface area (Å²) < 4.78 is 4.78. The topological polar surface area (TPSA) is 48.5 Å². The smallest absolute Gasteiger partial charge is 0.238 e. The first-order chi connectivity index (χ1) is 37.1. The van der Waals surface area contributed by atoms with Gasteiger partial charge < -0.3 is 4.57 Å². The molecule has 3 heterocycles. The molecule has 2 aliphatic carbocycles. The van der Waals surface area contributed by atoms with Crippen molar-refractivity contribution in [3.63, 3.8) is 0 Å². The molecule has 0 N–H and O–H groups in total. The van der Waals surface area contributed by atoms with Crippen LogP contribution < -0.4 is 10.6 Å². The van der Waals surface area contributed by atoms with Crippen molar-refractivity contribution in [3.8, 4) is 78.9 Å². The van der Waals surface area contributed by atoms with Crippen molar-refractivity contribution in [2.75, 3.05) is 0 Å². The molecule has 3 aromatic heterocycles. The zero-order valence-electron chi connectivity index (χ0n) is 43.6. The minimum Gasteiger partial charge on any atom is -0.307 e. The van der Waals surface area contributed by atoms with Gasteiger partial charge in [-0.05, 0) is 109 Å². The van der Waals surface area contributed by atoms with Crippen molar-refractivity contribution in [3.05, 3.63) is 234 Å². The van der Waals surface area contributed by atoms with E-state index >= 15 is 0 Å². The lowest BCUT2D eigenvalue weighted by molar-refractivity contribution is 0.264. The summed E-state index contributed by atoms with van der Waals surface area (Å²) in [6.45, 7) is 12.0. The van der Waals surface area contributed by atoms with Crippen LogP contribution in [0.4, 0.5) is 0 Å². The highest BCUT2D eigenvalue weighted by Gasteiger charge is 2.48. The first kappa shape index (κ1) is 45.7. The molecule has 76 heavy (non-hydrogen) atoms. The first-order valence-electron chi connectivity index (χ1n) is 26.8. The van der Waals surface area contributed by atoms with E-state index in [4.69, 9.17) is 15.0 Å². The second-order valence-electron chi connectivity index (χ2n) is 22.1. The van der Waals surface area contributed by atoms with E-state index in [1.165, 1.54) is 54.8 Å². The third-order valence-electron chi connectivity index (χ3n) is 17.2. The Hall–Kier alpha value is -8.93. The molecule has 14 rings (SSSR count). The highest BCUT2D eigenvalue weighted by molar-refractivity contribution is 6.18. The van der Waals surface area contributed by atoms with Crippen molar-refractivity contribution in [2.45, 2.75) is 58.3 Å². The largest absolute Gasteiger partial charge is 0.307 e. The van der Waals surface area contributed by atoms with Crippen molar-refractivity contribution < 1.29 is 0 Å². The molecule has 5 nitrogen and oxygen atoms in total. The van der Waals surface area contributed by atoms with Crippen LogP contribution in [-0.2, 0) is 10.8 Å². The summed E-state index contributed by atoms with van der Waals surface area (Å²) in [5.41, 5.74) is 18.9. The van der Waals surface area contributed by atoms with Crippen molar-refractivity contribution in [1.29, 1.82) is 0 Å². The standard InChI is InChI=1S/C71H57N5/c1-45-70(2,3)61-42-37-54(44-62(61)71(45,4)5)51-29-27-49(28-30-51)50-35-38-56(39-36-50)75-63-25-14-12-23-57(63)59-40-41-60-58-24-13-15-26-64(58)76(66(60)65(59)75)69-73-67(52-33-31-48(32-34-52)46-17-8-6-9-18-46)72-68(74-69)55-22-16-21-53(43-55)47-19-10-7-11-20-47/h6-12,14,16-45H,13,15H2,1-5H3. The summed E-state index contributed by atoms with van der Waals surface area (Å²) in [5, 5.41) is 5.85. The summed E-state index contributed by atoms with van der Waals surface area (Å²) in [6.07, 6.45) is 6.65. The molecule has 0 fully saturated rings. The van der Waals surface area contributed by atoms with Gasteiger partial charge >= 0.3 is 0 Å². The van der Waals surface area contributed by atoms with Crippen LogP contribution in [0.5, 0.6) is 0 Å². The van der Waals surface area contributed by atoms with Crippen molar-refractivity contribution >= 4 is 44.9 Å². The predicted molar refractivity (Wildman–Crippen MR) is 316 cm³/mol. The summed E-state index contributed by atoms with van der Waals surface area (Å²) in [7, 11) is 0. The molecule has 0 amide bonds. The highest BCUT2D eigenvalue weighted by Crippen LogP contribution is 2.54. The van der Waals surface area contributed by atoms with Gasteiger partial charge in [-0.15, -0.1) is 0 Å². The molecule has 0 saturated carbocycles. The lowest BCUT2D eigenvalue weighted by Crippen LogP contribution is -2.31. The number of rotatable bonds is 8. The fraction of sp³-hybridized carbons (Fsp3) is 0.141. The molecule has 0 bridgehead atoms. The third kappa shape index (κ3) is 7.32. The van der Waals surface area contributed by atoms with Crippen LogP contribution in [0.25, 0.3) is 124 Å². The fourth-order valence-electron chi connectivity index (χ4n) is 12.7. The van der Waals surface area contributed by atoms with E-state index in [9.17, 15) is 0 Å². The minimum absolute atomic E-state index is 0.116. The normalized spacial score (nSPS) is 15.4. The molecule has 5 heteroatoms. The number of aromatic nitrogens is 5. The summed E-state index contributed by atoms with van der Waals surface area (Å²) in [6, 6.07) is 77.0. The summed E-state index contributed by atoms with van der Waals surface area (Å²) in [4.78, 5) is 16.3. The van der Waals surface area contributed by atoms with Gasteiger partial charge in [0.05, 0.1) is 21.9 Å². The minimum atomic E-state index is 0.116. The van der Waals surface area contributed by atoms with Crippen molar-refractivity contribution in [1.82, 2.24) is 24.1 Å². The second kappa shape index (κ2) is 17.6. The van der Waals surface area contributed by atoms with Crippen LogP contribution in [0.3, 0.4) is 0 Å². The lowest BCUT2D eigenvalue weighted by Gasteiger charge is -2.32. The number of nitrogens with zero attached hydrogens (tertiary/aromatic N) is 5. The number of para-hydroxylation sites is 1. The Morgan fingerprint density at radius 1 is 0.382 bits per heavy atom. The van der Waals surface area contributed by atoms with Crippen LogP contribution >= 0.6 is 0 Å². The Morgan fingerprint density at radius 3 is 1.57 bits per heavy atom. The number of hydrogen-bond donors (Lipinski definition) is 0. The fourth-order valence-corrected chi connectivity index (χ4v) is 12.7. The van der Waals surface area contributed by atoms with Gasteiger partial charge in [-0.25, -0.2) is 4.98 Å². The van der Waals surface area contributed by atoms with Crippen LogP contribution in [0.1, 0.15) is 58.6 Å². The van der Waals surface area contributed by atoms with Crippen LogP contribution in [0.2, 0.25) is 0 Å². The van der Waals surface area contributed by atoms with E-state index in [1.807, 2.05) is 0 Å². The zero-order valence-corrected chi connectivity index (χ0v) is 43.6. The Bertz CT molecular complexity index is 4370.